The van der Waals surface area contributed by atoms with Gasteiger partial charge in [0.2, 0.25) is 5.91 Å². The van der Waals surface area contributed by atoms with E-state index in [2.05, 4.69) is 22.1 Å². The number of aromatic nitrogens is 2. The molecule has 0 spiro atoms. The lowest BCUT2D eigenvalue weighted by atomic mass is 9.99. The molecule has 2 aromatic heterocycles. The maximum absolute atomic E-state index is 12.4. The molecule has 1 aliphatic rings. The molecule has 0 saturated carbocycles. The highest BCUT2D eigenvalue weighted by Gasteiger charge is 2.17. The molecule has 3 heterocycles. The number of rotatable bonds is 5. The lowest BCUT2D eigenvalue weighted by Crippen LogP contribution is -2.32. The second-order valence-electron chi connectivity index (χ2n) is 7.30. The average Bonchev–Trinajstić information content (AvgIpc) is 3.24. The van der Waals surface area contributed by atoms with Crippen LogP contribution in [0.3, 0.4) is 0 Å². The number of thiazole rings is 1. The molecule has 0 aliphatic carbocycles. The molecule has 0 bridgehead atoms. The Kier molecular flexibility index (Phi) is 5.48. The first-order valence-electron chi connectivity index (χ1n) is 9.28. The Labute approximate surface area is 168 Å². The number of hydrogen-bond donors (Lipinski definition) is 1. The standard InChI is InChI=1S/C20H23ClN4OS/c1-14-4-7-24(8-5-14)11-17-13-27-20(22-17)23-19(26)12-25-9-6-15-2-3-16(21)10-18(15)25/h2-3,6,9-10,13-14H,4-5,7-8,11-12H2,1H3,(H,22,23,26). The molecule has 142 valence electrons. The van der Waals surface area contributed by atoms with Crippen LogP contribution < -0.4 is 5.32 Å². The van der Waals surface area contributed by atoms with Crippen molar-refractivity contribution in [2.45, 2.75) is 32.9 Å². The molecule has 7 heteroatoms. The van der Waals surface area contributed by atoms with Crippen LogP contribution in [0.25, 0.3) is 10.9 Å². The summed E-state index contributed by atoms with van der Waals surface area (Å²) in [6.07, 6.45) is 4.41. The van der Waals surface area contributed by atoms with Gasteiger partial charge in [0.25, 0.3) is 0 Å². The van der Waals surface area contributed by atoms with Crippen LogP contribution >= 0.6 is 22.9 Å². The van der Waals surface area contributed by atoms with Gasteiger partial charge in [-0.2, -0.15) is 0 Å². The third-order valence-electron chi connectivity index (χ3n) is 5.11. The second-order valence-corrected chi connectivity index (χ2v) is 8.59. The molecular formula is C20H23ClN4OS. The van der Waals surface area contributed by atoms with Crippen LogP contribution in [0.5, 0.6) is 0 Å². The molecule has 4 rings (SSSR count). The quantitative estimate of drug-likeness (QED) is 0.677. The molecule has 1 saturated heterocycles. The summed E-state index contributed by atoms with van der Waals surface area (Å²) >= 11 is 7.56. The van der Waals surface area contributed by atoms with E-state index in [0.29, 0.717) is 10.2 Å². The van der Waals surface area contributed by atoms with Crippen molar-refractivity contribution in [3.05, 3.63) is 46.6 Å². The minimum Gasteiger partial charge on any atom is -0.338 e. The van der Waals surface area contributed by atoms with Crippen LogP contribution in [-0.4, -0.2) is 33.4 Å². The highest BCUT2D eigenvalue weighted by atomic mass is 35.5. The summed E-state index contributed by atoms with van der Waals surface area (Å²) in [5.74, 6) is 0.742. The predicted molar refractivity (Wildman–Crippen MR) is 111 cm³/mol. The fraction of sp³-hybridized carbons (Fsp3) is 0.400. The summed E-state index contributed by atoms with van der Waals surface area (Å²) in [7, 11) is 0. The Bertz CT molecular complexity index is 943. The number of carbonyl (C=O) groups excluding carboxylic acids is 1. The number of amides is 1. The normalized spacial score (nSPS) is 16.1. The number of benzene rings is 1. The third-order valence-corrected chi connectivity index (χ3v) is 6.15. The average molecular weight is 403 g/mol. The highest BCUT2D eigenvalue weighted by molar-refractivity contribution is 7.13. The summed E-state index contributed by atoms with van der Waals surface area (Å²) in [6, 6.07) is 7.68. The number of carbonyl (C=O) groups is 1. The van der Waals surface area contributed by atoms with Crippen LogP contribution in [0, 0.1) is 5.92 Å². The Morgan fingerprint density at radius 1 is 1.33 bits per heavy atom. The van der Waals surface area contributed by atoms with Crippen molar-refractivity contribution in [3.8, 4) is 0 Å². The molecule has 27 heavy (non-hydrogen) atoms. The van der Waals surface area contributed by atoms with Crippen LogP contribution in [-0.2, 0) is 17.9 Å². The monoisotopic (exact) mass is 402 g/mol. The summed E-state index contributed by atoms with van der Waals surface area (Å²) in [6.45, 7) is 5.67. The number of nitrogens with one attached hydrogen (secondary N) is 1. The van der Waals surface area contributed by atoms with Gasteiger partial charge < -0.3 is 9.88 Å². The molecule has 1 aromatic carbocycles. The van der Waals surface area contributed by atoms with E-state index in [-0.39, 0.29) is 12.5 Å². The van der Waals surface area contributed by atoms with Crippen molar-refractivity contribution in [1.82, 2.24) is 14.5 Å². The summed E-state index contributed by atoms with van der Waals surface area (Å²) in [5, 5.41) is 7.36. The van der Waals surface area contributed by atoms with Gasteiger partial charge >= 0.3 is 0 Å². The first-order chi connectivity index (χ1) is 13.1. The van der Waals surface area contributed by atoms with Gasteiger partial charge in [0.1, 0.15) is 6.54 Å². The number of anilines is 1. The lowest BCUT2D eigenvalue weighted by molar-refractivity contribution is -0.116. The molecule has 5 nitrogen and oxygen atoms in total. The highest BCUT2D eigenvalue weighted by Crippen LogP contribution is 2.22. The van der Waals surface area contributed by atoms with E-state index in [1.54, 1.807) is 0 Å². The number of likely N-dealkylation sites (tertiary alicyclic amines) is 1. The van der Waals surface area contributed by atoms with Crippen molar-refractivity contribution in [3.63, 3.8) is 0 Å². The van der Waals surface area contributed by atoms with Gasteiger partial charge in [-0.05, 0) is 55.4 Å². The van der Waals surface area contributed by atoms with Crippen molar-refractivity contribution in [1.29, 1.82) is 0 Å². The van der Waals surface area contributed by atoms with Crippen LogP contribution in [0.4, 0.5) is 5.13 Å². The Hall–Kier alpha value is -1.89. The minimum atomic E-state index is -0.0832. The molecule has 1 fully saturated rings. The largest absolute Gasteiger partial charge is 0.338 e. The SMILES string of the molecule is CC1CCN(Cc2csc(NC(=O)Cn3ccc4ccc(Cl)cc43)n2)CC1. The van der Waals surface area contributed by atoms with Crippen molar-refractivity contribution < 1.29 is 4.79 Å². The number of fused-ring (bicyclic) bond motifs is 1. The topological polar surface area (TPSA) is 50.2 Å². The zero-order chi connectivity index (χ0) is 18.8. The maximum atomic E-state index is 12.4. The molecule has 0 atom stereocenters. The Morgan fingerprint density at radius 2 is 2.15 bits per heavy atom. The molecule has 3 aromatic rings. The molecule has 0 radical (unpaired) electrons. The zero-order valence-electron chi connectivity index (χ0n) is 15.3. The molecule has 0 unspecified atom stereocenters. The van der Waals surface area contributed by atoms with Gasteiger partial charge in [0.05, 0.1) is 5.69 Å². The van der Waals surface area contributed by atoms with Gasteiger partial charge in [-0.3, -0.25) is 9.69 Å². The molecule has 1 N–H and O–H groups in total. The first kappa shape index (κ1) is 18.5. The Morgan fingerprint density at radius 3 is 2.96 bits per heavy atom. The van der Waals surface area contributed by atoms with Crippen molar-refractivity contribution in [2.24, 2.45) is 5.92 Å². The van der Waals surface area contributed by atoms with Crippen LogP contribution in [0.2, 0.25) is 5.02 Å². The van der Waals surface area contributed by atoms with E-state index in [0.717, 1.165) is 42.1 Å². The van der Waals surface area contributed by atoms with Crippen molar-refractivity contribution in [2.75, 3.05) is 18.4 Å². The third kappa shape index (κ3) is 4.51. The van der Waals surface area contributed by atoms with Gasteiger partial charge in [-0.15, -0.1) is 11.3 Å². The number of halogens is 1. The summed E-state index contributed by atoms with van der Waals surface area (Å²) in [4.78, 5) is 19.5. The predicted octanol–water partition coefficient (Wildman–Crippen LogP) is 4.62. The van der Waals surface area contributed by atoms with E-state index >= 15 is 0 Å². The van der Waals surface area contributed by atoms with E-state index in [1.807, 2.05) is 40.4 Å². The van der Waals surface area contributed by atoms with E-state index < -0.39 is 0 Å². The number of hydrogen-bond acceptors (Lipinski definition) is 4. The first-order valence-corrected chi connectivity index (χ1v) is 10.5. The van der Waals surface area contributed by atoms with E-state index in [9.17, 15) is 4.79 Å². The Balaban J connectivity index is 1.35. The lowest BCUT2D eigenvalue weighted by Gasteiger charge is -2.29. The number of piperidine rings is 1. The smallest absolute Gasteiger partial charge is 0.246 e. The fourth-order valence-electron chi connectivity index (χ4n) is 3.49. The van der Waals surface area contributed by atoms with Crippen LogP contribution in [0.15, 0.2) is 35.8 Å². The van der Waals surface area contributed by atoms with Crippen LogP contribution in [0.1, 0.15) is 25.5 Å². The zero-order valence-corrected chi connectivity index (χ0v) is 16.9. The van der Waals surface area contributed by atoms with Gasteiger partial charge in [-0.1, -0.05) is 24.6 Å². The van der Waals surface area contributed by atoms with E-state index in [4.69, 9.17) is 11.6 Å². The summed E-state index contributed by atoms with van der Waals surface area (Å²) < 4.78 is 1.90. The maximum Gasteiger partial charge on any atom is 0.246 e. The molecule has 1 aliphatic heterocycles. The minimum absolute atomic E-state index is 0.0832. The van der Waals surface area contributed by atoms with E-state index in [1.165, 1.54) is 24.2 Å². The fourth-order valence-corrected chi connectivity index (χ4v) is 4.38. The number of nitrogens with zero attached hydrogens (tertiary/aromatic N) is 3. The molecule has 1 amide bonds. The molecular weight excluding hydrogens is 380 g/mol. The van der Waals surface area contributed by atoms with Gasteiger partial charge in [0, 0.05) is 28.7 Å². The summed E-state index contributed by atoms with van der Waals surface area (Å²) in [5.41, 5.74) is 1.99. The van der Waals surface area contributed by atoms with Gasteiger partial charge in [-0.25, -0.2) is 4.98 Å². The second kappa shape index (κ2) is 8.00. The van der Waals surface area contributed by atoms with Gasteiger partial charge in [0.15, 0.2) is 5.13 Å². The van der Waals surface area contributed by atoms with Crippen molar-refractivity contribution >= 4 is 44.9 Å².